The second-order valence-corrected chi connectivity index (χ2v) is 4.93. The summed E-state index contributed by atoms with van der Waals surface area (Å²) in [6, 6.07) is 10.3. The molecule has 0 spiro atoms. The maximum atomic E-state index is 12.4. The van der Waals surface area contributed by atoms with Crippen LogP contribution in [-0.4, -0.2) is 13.0 Å². The summed E-state index contributed by atoms with van der Waals surface area (Å²) in [7, 11) is 1.53. The molecule has 0 bridgehead atoms. The van der Waals surface area contributed by atoms with Crippen molar-refractivity contribution >= 4 is 28.9 Å². The number of hydrogen-bond acceptors (Lipinski definition) is 4. The number of halogens is 1. The quantitative estimate of drug-likeness (QED) is 0.599. The van der Waals surface area contributed by atoms with Crippen molar-refractivity contribution in [1.29, 1.82) is 0 Å². The summed E-state index contributed by atoms with van der Waals surface area (Å²) in [5.74, 6) is 5.68. The van der Waals surface area contributed by atoms with Gasteiger partial charge in [-0.2, -0.15) is 0 Å². The van der Waals surface area contributed by atoms with Crippen molar-refractivity contribution in [2.75, 3.05) is 17.9 Å². The highest BCUT2D eigenvalue weighted by Crippen LogP contribution is 2.28. The van der Waals surface area contributed by atoms with E-state index in [9.17, 15) is 4.79 Å². The molecule has 0 saturated carbocycles. The van der Waals surface area contributed by atoms with E-state index in [1.54, 1.807) is 30.3 Å². The second-order valence-electron chi connectivity index (χ2n) is 4.49. The molecule has 0 aromatic heterocycles. The molecule has 21 heavy (non-hydrogen) atoms. The first-order chi connectivity index (χ1) is 10.0. The van der Waals surface area contributed by atoms with Crippen LogP contribution in [0, 0.1) is 6.92 Å². The number of hydrazine groups is 1. The normalized spacial score (nSPS) is 10.1. The molecule has 5 nitrogen and oxygen atoms in total. The van der Waals surface area contributed by atoms with Gasteiger partial charge in [0.25, 0.3) is 5.91 Å². The molecule has 2 aromatic rings. The van der Waals surface area contributed by atoms with Gasteiger partial charge >= 0.3 is 0 Å². The Morgan fingerprint density at radius 3 is 2.62 bits per heavy atom. The van der Waals surface area contributed by atoms with E-state index in [4.69, 9.17) is 22.2 Å². The lowest BCUT2D eigenvalue weighted by molar-refractivity contribution is 0.102. The van der Waals surface area contributed by atoms with Gasteiger partial charge in [-0.05, 0) is 42.8 Å². The first-order valence-electron chi connectivity index (χ1n) is 6.27. The number of nitrogens with one attached hydrogen (secondary N) is 2. The average molecular weight is 306 g/mol. The first kappa shape index (κ1) is 15.2. The smallest absolute Gasteiger partial charge is 0.257 e. The number of benzene rings is 2. The molecule has 1 amide bonds. The third kappa shape index (κ3) is 3.45. The van der Waals surface area contributed by atoms with Gasteiger partial charge in [0.1, 0.15) is 5.75 Å². The third-order valence-corrected chi connectivity index (χ3v) is 3.22. The summed E-state index contributed by atoms with van der Waals surface area (Å²) in [6.07, 6.45) is 0. The Bertz CT molecular complexity index is 674. The van der Waals surface area contributed by atoms with E-state index in [0.717, 1.165) is 5.56 Å². The van der Waals surface area contributed by atoms with Crippen LogP contribution in [0.2, 0.25) is 5.02 Å². The van der Waals surface area contributed by atoms with Crippen molar-refractivity contribution < 1.29 is 9.53 Å². The highest BCUT2D eigenvalue weighted by Gasteiger charge is 2.14. The van der Waals surface area contributed by atoms with Crippen molar-refractivity contribution in [2.45, 2.75) is 6.92 Å². The van der Waals surface area contributed by atoms with Crippen LogP contribution in [0.15, 0.2) is 36.4 Å². The van der Waals surface area contributed by atoms with Crippen molar-refractivity contribution in [2.24, 2.45) is 5.84 Å². The maximum Gasteiger partial charge on any atom is 0.257 e. The van der Waals surface area contributed by atoms with Gasteiger partial charge in [0.15, 0.2) is 0 Å². The summed E-state index contributed by atoms with van der Waals surface area (Å²) in [5, 5.41) is 3.28. The molecule has 0 aliphatic rings. The van der Waals surface area contributed by atoms with Gasteiger partial charge < -0.3 is 15.5 Å². The number of aryl methyl sites for hydroxylation is 1. The summed E-state index contributed by atoms with van der Waals surface area (Å²) in [5.41, 5.74) is 5.01. The molecular weight excluding hydrogens is 290 g/mol. The van der Waals surface area contributed by atoms with Gasteiger partial charge in [-0.3, -0.25) is 10.6 Å². The van der Waals surface area contributed by atoms with Crippen LogP contribution < -0.4 is 21.3 Å². The van der Waals surface area contributed by atoms with Crippen molar-refractivity contribution in [3.63, 3.8) is 0 Å². The molecule has 0 heterocycles. The summed E-state index contributed by atoms with van der Waals surface area (Å²) < 4.78 is 5.20. The topological polar surface area (TPSA) is 76.4 Å². The van der Waals surface area contributed by atoms with E-state index >= 15 is 0 Å². The van der Waals surface area contributed by atoms with Crippen LogP contribution in [0.3, 0.4) is 0 Å². The minimum atomic E-state index is -0.302. The highest BCUT2D eigenvalue weighted by molar-refractivity contribution is 6.31. The molecule has 0 saturated heterocycles. The molecule has 0 aliphatic heterocycles. The van der Waals surface area contributed by atoms with E-state index in [1.807, 2.05) is 13.0 Å². The lowest BCUT2D eigenvalue weighted by atomic mass is 10.1. The highest BCUT2D eigenvalue weighted by atomic mass is 35.5. The summed E-state index contributed by atoms with van der Waals surface area (Å²) >= 11 is 5.94. The Morgan fingerprint density at radius 1 is 1.19 bits per heavy atom. The standard InChI is InChI=1S/C15H16ClN3O2/c1-9-3-5-11(12(7-9)19-17)15(20)18-13-8-10(16)4-6-14(13)21-2/h3-8,19H,17H2,1-2H3,(H,18,20). The van der Waals surface area contributed by atoms with Crippen LogP contribution in [0.25, 0.3) is 0 Å². The number of nitrogen functional groups attached to an aromatic ring is 1. The number of carbonyl (C=O) groups is 1. The number of rotatable bonds is 4. The first-order valence-corrected chi connectivity index (χ1v) is 6.65. The van der Waals surface area contributed by atoms with Crippen molar-refractivity contribution in [1.82, 2.24) is 0 Å². The molecule has 0 radical (unpaired) electrons. The minimum Gasteiger partial charge on any atom is -0.495 e. The van der Waals surface area contributed by atoms with E-state index in [-0.39, 0.29) is 5.91 Å². The van der Waals surface area contributed by atoms with Gasteiger partial charge in [0.2, 0.25) is 0 Å². The Hall–Kier alpha value is -2.24. The third-order valence-electron chi connectivity index (χ3n) is 2.98. The fourth-order valence-corrected chi connectivity index (χ4v) is 2.12. The zero-order valence-corrected chi connectivity index (χ0v) is 12.5. The minimum absolute atomic E-state index is 0.302. The monoisotopic (exact) mass is 305 g/mol. The number of methoxy groups -OCH3 is 1. The van der Waals surface area contributed by atoms with Gasteiger partial charge in [0, 0.05) is 5.02 Å². The van der Waals surface area contributed by atoms with E-state index in [2.05, 4.69) is 10.7 Å². The Balaban J connectivity index is 2.32. The zero-order valence-electron chi connectivity index (χ0n) is 11.7. The maximum absolute atomic E-state index is 12.4. The second kappa shape index (κ2) is 6.47. The predicted molar refractivity (Wildman–Crippen MR) is 84.9 cm³/mol. The molecule has 6 heteroatoms. The van der Waals surface area contributed by atoms with Gasteiger partial charge in [-0.25, -0.2) is 0 Å². The van der Waals surface area contributed by atoms with E-state index in [0.29, 0.717) is 27.7 Å². The van der Waals surface area contributed by atoms with Gasteiger partial charge in [-0.15, -0.1) is 0 Å². The predicted octanol–water partition coefficient (Wildman–Crippen LogP) is 3.19. The van der Waals surface area contributed by atoms with Crippen LogP contribution in [0.4, 0.5) is 11.4 Å². The number of hydrogen-bond donors (Lipinski definition) is 3. The molecule has 2 rings (SSSR count). The number of nitrogens with two attached hydrogens (primary N) is 1. The summed E-state index contributed by atoms with van der Waals surface area (Å²) in [6.45, 7) is 1.92. The molecule has 0 atom stereocenters. The Morgan fingerprint density at radius 2 is 1.95 bits per heavy atom. The van der Waals surface area contributed by atoms with Crippen LogP contribution in [0.5, 0.6) is 5.75 Å². The average Bonchev–Trinajstić information content (AvgIpc) is 2.47. The molecule has 110 valence electrons. The lowest BCUT2D eigenvalue weighted by Crippen LogP contribution is -2.17. The van der Waals surface area contributed by atoms with E-state index in [1.165, 1.54) is 7.11 Å². The molecule has 2 aromatic carbocycles. The van der Waals surface area contributed by atoms with Crippen LogP contribution in [0.1, 0.15) is 15.9 Å². The summed E-state index contributed by atoms with van der Waals surface area (Å²) in [4.78, 5) is 12.4. The van der Waals surface area contributed by atoms with Crippen molar-refractivity contribution in [3.8, 4) is 5.75 Å². The molecule has 0 unspecified atom stereocenters. The molecule has 0 fully saturated rings. The number of amides is 1. The van der Waals surface area contributed by atoms with Crippen LogP contribution >= 0.6 is 11.6 Å². The van der Waals surface area contributed by atoms with Crippen molar-refractivity contribution in [3.05, 3.63) is 52.5 Å². The van der Waals surface area contributed by atoms with E-state index < -0.39 is 0 Å². The lowest BCUT2D eigenvalue weighted by Gasteiger charge is -2.13. The Labute approximate surface area is 128 Å². The fourth-order valence-electron chi connectivity index (χ4n) is 1.94. The molecule has 4 N–H and O–H groups in total. The molecular formula is C15H16ClN3O2. The SMILES string of the molecule is COc1ccc(Cl)cc1NC(=O)c1ccc(C)cc1NN. The number of carbonyl (C=O) groups excluding carboxylic acids is 1. The number of anilines is 2. The van der Waals surface area contributed by atoms with Gasteiger partial charge in [0.05, 0.1) is 24.0 Å². The van der Waals surface area contributed by atoms with Crippen LogP contribution in [-0.2, 0) is 0 Å². The molecule has 0 aliphatic carbocycles. The van der Waals surface area contributed by atoms with Gasteiger partial charge in [-0.1, -0.05) is 17.7 Å². The fraction of sp³-hybridized carbons (Fsp3) is 0.133. The largest absolute Gasteiger partial charge is 0.495 e. The zero-order chi connectivity index (χ0) is 15.4. The number of ether oxygens (including phenoxy) is 1. The Kier molecular flexibility index (Phi) is 4.67.